The highest BCUT2D eigenvalue weighted by molar-refractivity contribution is 5.81. The Morgan fingerprint density at radius 3 is 2.44 bits per heavy atom. The Kier molecular flexibility index (Phi) is 5.34. The summed E-state index contributed by atoms with van der Waals surface area (Å²) in [6.45, 7) is 3.46. The SMILES string of the molecule is CC(C)C(C#N)C(=O)N[C@@H](CO)c1ccccc1. The summed E-state index contributed by atoms with van der Waals surface area (Å²) in [4.78, 5) is 11.9. The van der Waals surface area contributed by atoms with E-state index in [0.29, 0.717) is 0 Å². The number of nitriles is 1. The first-order valence-corrected chi connectivity index (χ1v) is 5.96. The average Bonchev–Trinajstić information content (AvgIpc) is 2.37. The number of nitrogens with one attached hydrogen (secondary N) is 1. The van der Waals surface area contributed by atoms with Gasteiger partial charge in [0.2, 0.25) is 5.91 Å². The molecule has 0 aliphatic rings. The highest BCUT2D eigenvalue weighted by Gasteiger charge is 2.24. The van der Waals surface area contributed by atoms with Crippen LogP contribution in [0.2, 0.25) is 0 Å². The van der Waals surface area contributed by atoms with Crippen molar-refractivity contribution >= 4 is 5.91 Å². The number of carbonyl (C=O) groups is 1. The van der Waals surface area contributed by atoms with Crippen molar-refractivity contribution in [2.24, 2.45) is 11.8 Å². The van der Waals surface area contributed by atoms with Crippen molar-refractivity contribution in [2.45, 2.75) is 19.9 Å². The second-order valence-electron chi connectivity index (χ2n) is 4.51. The Bertz CT molecular complexity index is 423. The van der Waals surface area contributed by atoms with E-state index in [2.05, 4.69) is 5.32 Å². The molecule has 1 aromatic carbocycles. The van der Waals surface area contributed by atoms with Crippen LogP contribution in [0.1, 0.15) is 25.5 Å². The van der Waals surface area contributed by atoms with E-state index in [1.54, 1.807) is 0 Å². The molecule has 0 aliphatic carbocycles. The van der Waals surface area contributed by atoms with Gasteiger partial charge in [0.25, 0.3) is 0 Å². The third kappa shape index (κ3) is 3.57. The molecule has 0 fully saturated rings. The second kappa shape index (κ2) is 6.77. The Hall–Kier alpha value is -1.86. The van der Waals surface area contributed by atoms with Gasteiger partial charge in [0.1, 0.15) is 5.92 Å². The van der Waals surface area contributed by atoms with E-state index in [1.807, 2.05) is 50.2 Å². The Labute approximate surface area is 107 Å². The second-order valence-corrected chi connectivity index (χ2v) is 4.51. The van der Waals surface area contributed by atoms with Crippen molar-refractivity contribution in [1.29, 1.82) is 5.26 Å². The lowest BCUT2D eigenvalue weighted by molar-refractivity contribution is -0.125. The molecule has 2 atom stereocenters. The van der Waals surface area contributed by atoms with Crippen LogP contribution in [0.15, 0.2) is 30.3 Å². The number of carbonyl (C=O) groups excluding carboxylic acids is 1. The third-order valence-electron chi connectivity index (χ3n) is 2.79. The Morgan fingerprint density at radius 1 is 1.39 bits per heavy atom. The van der Waals surface area contributed by atoms with E-state index in [9.17, 15) is 9.90 Å². The quantitative estimate of drug-likeness (QED) is 0.829. The summed E-state index contributed by atoms with van der Waals surface area (Å²) in [5.74, 6) is -1.08. The molecule has 1 amide bonds. The minimum Gasteiger partial charge on any atom is -0.394 e. The van der Waals surface area contributed by atoms with Gasteiger partial charge in [0, 0.05) is 0 Å². The van der Waals surface area contributed by atoms with Gasteiger partial charge in [0.05, 0.1) is 18.7 Å². The maximum Gasteiger partial charge on any atom is 0.238 e. The molecule has 0 heterocycles. The predicted octanol–water partition coefficient (Wildman–Crippen LogP) is 1.63. The summed E-state index contributed by atoms with van der Waals surface area (Å²) in [7, 11) is 0. The molecule has 0 aliphatic heterocycles. The molecule has 1 unspecified atom stereocenters. The van der Waals surface area contributed by atoms with E-state index in [1.165, 1.54) is 0 Å². The van der Waals surface area contributed by atoms with E-state index < -0.39 is 12.0 Å². The largest absolute Gasteiger partial charge is 0.394 e. The molecule has 1 aromatic rings. The molecule has 0 saturated carbocycles. The van der Waals surface area contributed by atoms with Crippen LogP contribution < -0.4 is 5.32 Å². The summed E-state index contributed by atoms with van der Waals surface area (Å²) < 4.78 is 0. The summed E-state index contributed by atoms with van der Waals surface area (Å²) >= 11 is 0. The van der Waals surface area contributed by atoms with Crippen molar-refractivity contribution in [1.82, 2.24) is 5.32 Å². The lowest BCUT2D eigenvalue weighted by Gasteiger charge is -2.20. The fourth-order valence-electron chi connectivity index (χ4n) is 1.69. The van der Waals surface area contributed by atoms with E-state index in [4.69, 9.17) is 5.26 Å². The van der Waals surface area contributed by atoms with Gasteiger partial charge in [-0.2, -0.15) is 5.26 Å². The van der Waals surface area contributed by atoms with Gasteiger partial charge in [0.15, 0.2) is 0 Å². The van der Waals surface area contributed by atoms with Gasteiger partial charge in [-0.25, -0.2) is 0 Å². The van der Waals surface area contributed by atoms with Gasteiger partial charge in [-0.05, 0) is 11.5 Å². The molecule has 4 nitrogen and oxygen atoms in total. The van der Waals surface area contributed by atoms with E-state index in [0.717, 1.165) is 5.56 Å². The van der Waals surface area contributed by atoms with Gasteiger partial charge < -0.3 is 10.4 Å². The van der Waals surface area contributed by atoms with Gasteiger partial charge in [-0.15, -0.1) is 0 Å². The molecule has 4 heteroatoms. The average molecular weight is 246 g/mol. The molecule has 0 spiro atoms. The van der Waals surface area contributed by atoms with Gasteiger partial charge >= 0.3 is 0 Å². The minimum atomic E-state index is -0.692. The molecule has 18 heavy (non-hydrogen) atoms. The van der Waals surface area contributed by atoms with Gasteiger partial charge in [-0.3, -0.25) is 4.79 Å². The minimum absolute atomic E-state index is 0.0508. The van der Waals surface area contributed by atoms with E-state index >= 15 is 0 Å². The normalized spacial score (nSPS) is 13.7. The van der Waals surface area contributed by atoms with Crippen LogP contribution in [-0.2, 0) is 4.79 Å². The Morgan fingerprint density at radius 2 is 2.00 bits per heavy atom. The molecule has 0 radical (unpaired) electrons. The fraction of sp³-hybridized carbons (Fsp3) is 0.429. The van der Waals surface area contributed by atoms with Crippen LogP contribution in [0.25, 0.3) is 0 Å². The standard InChI is InChI=1S/C14H18N2O2/c1-10(2)12(8-15)14(18)16-13(9-17)11-6-4-3-5-7-11/h3-7,10,12-13,17H,9H2,1-2H3,(H,16,18)/t12?,13-/m0/s1. The maximum absolute atomic E-state index is 11.9. The highest BCUT2D eigenvalue weighted by atomic mass is 16.3. The number of aliphatic hydroxyl groups is 1. The molecular formula is C14H18N2O2. The van der Waals surface area contributed by atoms with E-state index in [-0.39, 0.29) is 18.4 Å². The summed E-state index contributed by atoms with van der Waals surface area (Å²) in [5, 5.41) is 21.0. The van der Waals surface area contributed by atoms with Crippen LogP contribution in [-0.4, -0.2) is 17.6 Å². The predicted molar refractivity (Wildman–Crippen MR) is 68.4 cm³/mol. The maximum atomic E-state index is 11.9. The number of amides is 1. The molecule has 0 aromatic heterocycles. The number of nitrogens with zero attached hydrogens (tertiary/aromatic N) is 1. The third-order valence-corrected chi connectivity index (χ3v) is 2.79. The number of hydrogen-bond acceptors (Lipinski definition) is 3. The van der Waals surface area contributed by atoms with Gasteiger partial charge in [-0.1, -0.05) is 44.2 Å². The first-order chi connectivity index (χ1) is 8.60. The number of hydrogen-bond donors (Lipinski definition) is 2. The number of benzene rings is 1. The molecular weight excluding hydrogens is 228 g/mol. The zero-order valence-corrected chi connectivity index (χ0v) is 10.6. The number of rotatable bonds is 5. The van der Waals surface area contributed by atoms with Crippen LogP contribution in [0.5, 0.6) is 0 Å². The van der Waals surface area contributed by atoms with Crippen molar-refractivity contribution < 1.29 is 9.90 Å². The molecule has 96 valence electrons. The summed E-state index contributed by atoms with van der Waals surface area (Å²) in [6.07, 6.45) is 0. The lowest BCUT2D eigenvalue weighted by atomic mass is 9.96. The first-order valence-electron chi connectivity index (χ1n) is 5.96. The summed E-state index contributed by atoms with van der Waals surface area (Å²) in [5.41, 5.74) is 0.828. The van der Waals surface area contributed by atoms with Crippen molar-refractivity contribution in [2.75, 3.05) is 6.61 Å². The Balaban J connectivity index is 2.76. The monoisotopic (exact) mass is 246 g/mol. The first kappa shape index (κ1) is 14.2. The molecule has 0 saturated heterocycles. The zero-order chi connectivity index (χ0) is 13.5. The van der Waals surface area contributed by atoms with Crippen molar-refractivity contribution in [3.8, 4) is 6.07 Å². The lowest BCUT2D eigenvalue weighted by Crippen LogP contribution is -2.37. The van der Waals surface area contributed by atoms with Crippen molar-refractivity contribution in [3.05, 3.63) is 35.9 Å². The zero-order valence-electron chi connectivity index (χ0n) is 10.6. The van der Waals surface area contributed by atoms with Crippen LogP contribution in [0.4, 0.5) is 0 Å². The molecule has 0 bridgehead atoms. The smallest absolute Gasteiger partial charge is 0.238 e. The topological polar surface area (TPSA) is 73.1 Å². The van der Waals surface area contributed by atoms with Crippen LogP contribution in [0, 0.1) is 23.2 Å². The number of aliphatic hydroxyl groups excluding tert-OH is 1. The molecule has 2 N–H and O–H groups in total. The van der Waals surface area contributed by atoms with Crippen molar-refractivity contribution in [3.63, 3.8) is 0 Å². The highest BCUT2D eigenvalue weighted by Crippen LogP contribution is 2.15. The van der Waals surface area contributed by atoms with Crippen LogP contribution >= 0.6 is 0 Å². The van der Waals surface area contributed by atoms with Crippen LogP contribution in [0.3, 0.4) is 0 Å². The molecule has 1 rings (SSSR count). The summed E-state index contributed by atoms with van der Waals surface area (Å²) in [6, 6.07) is 10.7. The fourth-order valence-corrected chi connectivity index (χ4v) is 1.69.